The Bertz CT molecular complexity index is 310. The SMILES string of the molecule is OC(COc1ccccc1Br)C1CC1. The minimum atomic E-state index is -0.304. The van der Waals surface area contributed by atoms with Crippen LogP contribution in [0.5, 0.6) is 5.75 Å². The highest BCUT2D eigenvalue weighted by Crippen LogP contribution is 2.33. The van der Waals surface area contributed by atoms with Gasteiger partial charge in [0.25, 0.3) is 0 Å². The van der Waals surface area contributed by atoms with Crippen LogP contribution in [0.15, 0.2) is 28.7 Å². The van der Waals surface area contributed by atoms with Crippen molar-refractivity contribution in [2.75, 3.05) is 6.61 Å². The summed E-state index contributed by atoms with van der Waals surface area (Å²) in [6.45, 7) is 0.396. The van der Waals surface area contributed by atoms with Crippen molar-refractivity contribution in [3.8, 4) is 5.75 Å². The second-order valence-electron chi connectivity index (χ2n) is 3.65. The topological polar surface area (TPSA) is 29.5 Å². The van der Waals surface area contributed by atoms with Crippen molar-refractivity contribution < 1.29 is 9.84 Å². The third-order valence-electron chi connectivity index (χ3n) is 2.41. The molecule has 0 aliphatic heterocycles. The first-order valence-corrected chi connectivity index (χ1v) is 5.62. The quantitative estimate of drug-likeness (QED) is 0.898. The molecule has 1 fully saturated rings. The van der Waals surface area contributed by atoms with Crippen molar-refractivity contribution in [3.63, 3.8) is 0 Å². The molecule has 1 unspecified atom stereocenters. The van der Waals surface area contributed by atoms with Crippen LogP contribution in [0.3, 0.4) is 0 Å². The van der Waals surface area contributed by atoms with E-state index in [1.54, 1.807) is 0 Å². The van der Waals surface area contributed by atoms with Crippen LogP contribution in [-0.2, 0) is 0 Å². The lowest BCUT2D eigenvalue weighted by atomic mass is 10.2. The number of aliphatic hydroxyl groups is 1. The Hall–Kier alpha value is -0.540. The molecular formula is C11H13BrO2. The molecule has 14 heavy (non-hydrogen) atoms. The number of aliphatic hydroxyl groups excluding tert-OH is 1. The van der Waals surface area contributed by atoms with E-state index in [9.17, 15) is 5.11 Å². The van der Waals surface area contributed by atoms with Crippen molar-refractivity contribution in [3.05, 3.63) is 28.7 Å². The van der Waals surface area contributed by atoms with Crippen molar-refractivity contribution in [1.29, 1.82) is 0 Å². The molecule has 76 valence electrons. The van der Waals surface area contributed by atoms with E-state index in [1.165, 1.54) is 0 Å². The summed E-state index contributed by atoms with van der Waals surface area (Å²) in [7, 11) is 0. The standard InChI is InChI=1S/C11H13BrO2/c12-9-3-1-2-4-11(9)14-7-10(13)8-5-6-8/h1-4,8,10,13H,5-7H2. The van der Waals surface area contributed by atoms with E-state index in [2.05, 4.69) is 15.9 Å². The predicted octanol–water partition coefficient (Wildman–Crippen LogP) is 2.60. The van der Waals surface area contributed by atoms with Crippen LogP contribution >= 0.6 is 15.9 Å². The number of hydrogen-bond donors (Lipinski definition) is 1. The third kappa shape index (κ3) is 2.49. The molecule has 1 atom stereocenters. The predicted molar refractivity (Wildman–Crippen MR) is 58.4 cm³/mol. The number of hydrogen-bond acceptors (Lipinski definition) is 2. The van der Waals surface area contributed by atoms with E-state index in [0.717, 1.165) is 23.1 Å². The third-order valence-corrected chi connectivity index (χ3v) is 3.07. The lowest BCUT2D eigenvalue weighted by Crippen LogP contribution is -2.19. The minimum Gasteiger partial charge on any atom is -0.490 e. The summed E-state index contributed by atoms with van der Waals surface area (Å²) >= 11 is 3.39. The highest BCUT2D eigenvalue weighted by atomic mass is 79.9. The average molecular weight is 257 g/mol. The first kappa shape index (κ1) is 9.99. The maximum Gasteiger partial charge on any atom is 0.133 e. The van der Waals surface area contributed by atoms with E-state index in [-0.39, 0.29) is 6.10 Å². The van der Waals surface area contributed by atoms with Gasteiger partial charge in [-0.15, -0.1) is 0 Å². The van der Waals surface area contributed by atoms with Crippen molar-refractivity contribution >= 4 is 15.9 Å². The molecule has 2 rings (SSSR count). The molecule has 1 N–H and O–H groups in total. The Morgan fingerprint density at radius 1 is 1.43 bits per heavy atom. The van der Waals surface area contributed by atoms with Gasteiger partial charge >= 0.3 is 0 Å². The van der Waals surface area contributed by atoms with Crippen LogP contribution in [0.1, 0.15) is 12.8 Å². The van der Waals surface area contributed by atoms with Crippen LogP contribution in [0.2, 0.25) is 0 Å². The molecule has 1 aliphatic carbocycles. The first-order valence-electron chi connectivity index (χ1n) is 4.83. The number of benzene rings is 1. The Morgan fingerprint density at radius 3 is 2.79 bits per heavy atom. The lowest BCUT2D eigenvalue weighted by molar-refractivity contribution is 0.0891. The molecule has 0 saturated heterocycles. The summed E-state index contributed by atoms with van der Waals surface area (Å²) in [6, 6.07) is 7.68. The van der Waals surface area contributed by atoms with Crippen LogP contribution < -0.4 is 4.74 Å². The molecule has 0 radical (unpaired) electrons. The Morgan fingerprint density at radius 2 is 2.14 bits per heavy atom. The molecule has 3 heteroatoms. The van der Waals surface area contributed by atoms with Crippen LogP contribution in [0, 0.1) is 5.92 Å². The van der Waals surface area contributed by atoms with E-state index in [4.69, 9.17) is 4.74 Å². The molecule has 0 spiro atoms. The van der Waals surface area contributed by atoms with Gasteiger partial charge in [0, 0.05) is 0 Å². The van der Waals surface area contributed by atoms with Gasteiger partial charge in [0.05, 0.1) is 10.6 Å². The molecule has 0 amide bonds. The van der Waals surface area contributed by atoms with Gasteiger partial charge in [0.2, 0.25) is 0 Å². The van der Waals surface area contributed by atoms with E-state index in [0.29, 0.717) is 12.5 Å². The molecule has 1 aromatic rings. The van der Waals surface area contributed by atoms with Crippen LogP contribution in [0.25, 0.3) is 0 Å². The Kier molecular flexibility index (Phi) is 3.08. The van der Waals surface area contributed by atoms with Gasteiger partial charge in [-0.3, -0.25) is 0 Å². The number of halogens is 1. The molecule has 0 bridgehead atoms. The van der Waals surface area contributed by atoms with Crippen molar-refractivity contribution in [2.45, 2.75) is 18.9 Å². The maximum absolute atomic E-state index is 9.60. The second kappa shape index (κ2) is 4.32. The van der Waals surface area contributed by atoms with Gasteiger partial charge in [-0.1, -0.05) is 12.1 Å². The van der Waals surface area contributed by atoms with E-state index >= 15 is 0 Å². The molecule has 2 nitrogen and oxygen atoms in total. The monoisotopic (exact) mass is 256 g/mol. The fourth-order valence-corrected chi connectivity index (χ4v) is 1.75. The largest absolute Gasteiger partial charge is 0.490 e. The number of para-hydroxylation sites is 1. The lowest BCUT2D eigenvalue weighted by Gasteiger charge is -2.12. The summed E-state index contributed by atoms with van der Waals surface area (Å²) < 4.78 is 6.44. The van der Waals surface area contributed by atoms with Gasteiger partial charge in [0.1, 0.15) is 12.4 Å². The zero-order valence-electron chi connectivity index (χ0n) is 7.82. The number of ether oxygens (including phenoxy) is 1. The van der Waals surface area contributed by atoms with Gasteiger partial charge < -0.3 is 9.84 Å². The number of rotatable bonds is 4. The highest BCUT2D eigenvalue weighted by Gasteiger charge is 2.30. The van der Waals surface area contributed by atoms with Gasteiger partial charge in [-0.2, -0.15) is 0 Å². The second-order valence-corrected chi connectivity index (χ2v) is 4.50. The van der Waals surface area contributed by atoms with Crippen LogP contribution in [-0.4, -0.2) is 17.8 Å². The smallest absolute Gasteiger partial charge is 0.133 e. The average Bonchev–Trinajstić information content (AvgIpc) is 2.99. The zero-order valence-corrected chi connectivity index (χ0v) is 9.40. The zero-order chi connectivity index (χ0) is 9.97. The minimum absolute atomic E-state index is 0.304. The summed E-state index contributed by atoms with van der Waals surface area (Å²) in [5, 5.41) is 9.60. The molecule has 1 saturated carbocycles. The molecule has 1 aliphatic rings. The Labute approximate surface area is 92.0 Å². The van der Waals surface area contributed by atoms with E-state index in [1.807, 2.05) is 24.3 Å². The van der Waals surface area contributed by atoms with Crippen LogP contribution in [0.4, 0.5) is 0 Å². The highest BCUT2D eigenvalue weighted by molar-refractivity contribution is 9.10. The van der Waals surface area contributed by atoms with Gasteiger partial charge in [-0.05, 0) is 46.8 Å². The molecule has 0 aromatic heterocycles. The fourth-order valence-electron chi connectivity index (χ4n) is 1.35. The first-order chi connectivity index (χ1) is 6.77. The summed E-state index contributed by atoms with van der Waals surface area (Å²) in [5.74, 6) is 1.27. The Balaban J connectivity index is 1.87. The fraction of sp³-hybridized carbons (Fsp3) is 0.455. The molecule has 0 heterocycles. The van der Waals surface area contributed by atoms with Crippen molar-refractivity contribution in [2.24, 2.45) is 5.92 Å². The molecular weight excluding hydrogens is 244 g/mol. The normalized spacial score (nSPS) is 17.9. The van der Waals surface area contributed by atoms with Gasteiger partial charge in [-0.25, -0.2) is 0 Å². The van der Waals surface area contributed by atoms with Gasteiger partial charge in [0.15, 0.2) is 0 Å². The summed E-state index contributed by atoms with van der Waals surface area (Å²) in [6.07, 6.45) is 1.98. The summed E-state index contributed by atoms with van der Waals surface area (Å²) in [5.41, 5.74) is 0. The summed E-state index contributed by atoms with van der Waals surface area (Å²) in [4.78, 5) is 0. The van der Waals surface area contributed by atoms with Crippen molar-refractivity contribution in [1.82, 2.24) is 0 Å². The maximum atomic E-state index is 9.60. The molecule has 1 aromatic carbocycles. The van der Waals surface area contributed by atoms with E-state index < -0.39 is 0 Å².